The van der Waals surface area contributed by atoms with Gasteiger partial charge < -0.3 is 19.8 Å². The van der Waals surface area contributed by atoms with Gasteiger partial charge in [0.25, 0.3) is 0 Å². The van der Waals surface area contributed by atoms with Gasteiger partial charge >= 0.3 is 6.18 Å². The highest BCUT2D eigenvalue weighted by Gasteiger charge is 2.34. The molecule has 276 valence electrons. The van der Waals surface area contributed by atoms with E-state index in [2.05, 4.69) is 52.9 Å². The summed E-state index contributed by atoms with van der Waals surface area (Å²) in [6.45, 7) is 3.75. The predicted octanol–water partition coefficient (Wildman–Crippen LogP) is 7.77. The van der Waals surface area contributed by atoms with E-state index >= 15 is 0 Å². The Morgan fingerprint density at radius 3 is 1.57 bits per heavy atom. The first kappa shape index (κ1) is 36.3. The summed E-state index contributed by atoms with van der Waals surface area (Å²) < 4.78 is 46.0. The molecule has 0 radical (unpaired) electrons. The second-order valence-electron chi connectivity index (χ2n) is 12.2. The van der Waals surface area contributed by atoms with Crippen LogP contribution in [0.4, 0.5) is 36.4 Å². The molecule has 0 aliphatic heterocycles. The Morgan fingerprint density at radius 2 is 1.07 bits per heavy atom. The molecule has 0 saturated carbocycles. The number of nitrogens with one attached hydrogen (secondary N) is 2. The van der Waals surface area contributed by atoms with Gasteiger partial charge in [0.05, 0.1) is 63.5 Å². The Kier molecular flexibility index (Phi) is 10.1. The van der Waals surface area contributed by atoms with Crippen LogP contribution in [0.25, 0.3) is 22.7 Å². The van der Waals surface area contributed by atoms with E-state index in [1.807, 2.05) is 67.1 Å². The number of alkyl halides is 3. The van der Waals surface area contributed by atoms with Crippen molar-refractivity contribution in [3.8, 4) is 34.9 Å². The van der Waals surface area contributed by atoms with Gasteiger partial charge in [-0.2, -0.15) is 33.7 Å². The van der Waals surface area contributed by atoms with Crippen LogP contribution in [0, 0.1) is 36.5 Å². The van der Waals surface area contributed by atoms with Crippen LogP contribution in [-0.2, 0) is 6.18 Å². The minimum absolute atomic E-state index is 0.0992. The molecule has 4 aromatic carbocycles. The van der Waals surface area contributed by atoms with Crippen molar-refractivity contribution in [1.29, 1.82) is 10.5 Å². The lowest BCUT2D eigenvalue weighted by Crippen LogP contribution is -2.11. The SMILES string of the molecule is Cc1cn(-c2ccc(Nc3ncn(-c4ccccc4)n3)cc2C#N)cn1.Cc1cn(-c2ccc(Nc3ncn(-c4ccccc4C(F)(F)F)n3)cc2C#N)cn1. The molecule has 4 aromatic heterocycles. The molecule has 0 atom stereocenters. The maximum Gasteiger partial charge on any atom is 0.418 e. The van der Waals surface area contributed by atoms with Gasteiger partial charge in [0.15, 0.2) is 0 Å². The number of aryl methyl sites for hydroxylation is 2. The lowest BCUT2D eigenvalue weighted by Gasteiger charge is -2.11. The molecule has 0 saturated heterocycles. The molecule has 0 aliphatic rings. The van der Waals surface area contributed by atoms with Crippen LogP contribution in [0.15, 0.2) is 129 Å². The molecule has 0 spiro atoms. The number of halogens is 3. The zero-order chi connectivity index (χ0) is 39.2. The summed E-state index contributed by atoms with van der Waals surface area (Å²) in [5.41, 5.74) is 5.32. The van der Waals surface area contributed by atoms with Gasteiger partial charge in [0.2, 0.25) is 11.9 Å². The topological polar surface area (TPSA) is 169 Å². The molecule has 0 aliphatic carbocycles. The van der Waals surface area contributed by atoms with E-state index in [1.165, 1.54) is 24.5 Å². The number of benzene rings is 4. The minimum atomic E-state index is -4.51. The average Bonchev–Trinajstić information content (AvgIpc) is 4.04. The second kappa shape index (κ2) is 15.5. The molecule has 0 unspecified atom stereocenters. The first-order valence-electron chi connectivity index (χ1n) is 16.8. The molecule has 4 heterocycles. The Morgan fingerprint density at radius 1 is 0.571 bits per heavy atom. The summed E-state index contributed by atoms with van der Waals surface area (Å²) in [5, 5.41) is 33.5. The predicted molar refractivity (Wildman–Crippen MR) is 200 cm³/mol. The normalized spacial score (nSPS) is 10.9. The van der Waals surface area contributed by atoms with E-state index in [0.717, 1.165) is 39.2 Å². The summed E-state index contributed by atoms with van der Waals surface area (Å²) in [4.78, 5) is 16.7. The molecule has 0 fully saturated rings. The zero-order valence-corrected chi connectivity index (χ0v) is 29.6. The standard InChI is InChI=1S/C20H14F3N7.C19H15N7/c1-13-10-29(11-25-13)17-7-6-15(8-14(17)9-24)27-19-26-12-30(28-19)18-5-3-2-4-16(18)20(21,22)23;1-14-11-25(12-21-14)18-8-7-16(9-15(18)10-20)23-19-22-13-26(24-19)17-5-3-2-4-6-17/h2-8,10-12H,1H3,(H,27,28);2-9,11-13H,1H3,(H,23,24). The number of nitriles is 2. The monoisotopic (exact) mass is 750 g/mol. The number of hydrogen-bond acceptors (Lipinski definition) is 10. The average molecular weight is 751 g/mol. The van der Waals surface area contributed by atoms with Crippen molar-refractivity contribution in [2.45, 2.75) is 20.0 Å². The fraction of sp³-hybridized carbons (Fsp3) is 0.0769. The number of hydrogen-bond donors (Lipinski definition) is 2. The van der Waals surface area contributed by atoms with Crippen molar-refractivity contribution in [3.63, 3.8) is 0 Å². The van der Waals surface area contributed by atoms with E-state index in [1.54, 1.807) is 58.7 Å². The van der Waals surface area contributed by atoms with Gasteiger partial charge in [0.1, 0.15) is 24.8 Å². The van der Waals surface area contributed by atoms with E-state index < -0.39 is 11.7 Å². The Bertz CT molecular complexity index is 2710. The van der Waals surface area contributed by atoms with Crippen LogP contribution in [0.2, 0.25) is 0 Å². The lowest BCUT2D eigenvalue weighted by molar-refractivity contribution is -0.137. The molecule has 0 bridgehead atoms. The Labute approximate surface area is 317 Å². The molecule has 8 rings (SSSR count). The van der Waals surface area contributed by atoms with Crippen molar-refractivity contribution in [1.82, 2.24) is 48.6 Å². The van der Waals surface area contributed by atoms with Gasteiger partial charge in [-0.1, -0.05) is 30.3 Å². The van der Waals surface area contributed by atoms with Gasteiger partial charge in [-0.3, -0.25) is 0 Å². The summed E-state index contributed by atoms with van der Waals surface area (Å²) in [5.74, 6) is 0.561. The van der Waals surface area contributed by atoms with E-state index in [0.29, 0.717) is 28.5 Å². The minimum Gasteiger partial charge on any atom is -0.323 e. The summed E-state index contributed by atoms with van der Waals surface area (Å²) >= 11 is 0. The van der Waals surface area contributed by atoms with E-state index in [4.69, 9.17) is 0 Å². The van der Waals surface area contributed by atoms with Gasteiger partial charge in [-0.15, -0.1) is 10.2 Å². The molecule has 14 nitrogen and oxygen atoms in total. The molecular formula is C39H29F3N14. The van der Waals surface area contributed by atoms with Crippen LogP contribution in [-0.4, -0.2) is 48.6 Å². The third kappa shape index (κ3) is 8.12. The Hall–Kier alpha value is -8.05. The van der Waals surface area contributed by atoms with Gasteiger partial charge in [0, 0.05) is 23.8 Å². The third-order valence-corrected chi connectivity index (χ3v) is 8.19. The molecule has 17 heteroatoms. The summed E-state index contributed by atoms with van der Waals surface area (Å²) in [7, 11) is 0. The third-order valence-electron chi connectivity index (χ3n) is 8.19. The van der Waals surface area contributed by atoms with E-state index in [9.17, 15) is 23.7 Å². The van der Waals surface area contributed by atoms with Crippen molar-refractivity contribution in [2.24, 2.45) is 0 Å². The van der Waals surface area contributed by atoms with Crippen molar-refractivity contribution >= 4 is 23.3 Å². The molecule has 8 aromatic rings. The highest BCUT2D eigenvalue weighted by atomic mass is 19.4. The quantitative estimate of drug-likeness (QED) is 0.156. The van der Waals surface area contributed by atoms with Gasteiger partial charge in [-0.25, -0.2) is 19.3 Å². The zero-order valence-electron chi connectivity index (χ0n) is 29.6. The fourth-order valence-electron chi connectivity index (χ4n) is 5.60. The molecule has 56 heavy (non-hydrogen) atoms. The Balaban J connectivity index is 0.000000173. The number of rotatable bonds is 8. The van der Waals surface area contributed by atoms with Crippen molar-refractivity contribution in [3.05, 3.63) is 157 Å². The second-order valence-corrected chi connectivity index (χ2v) is 12.2. The van der Waals surface area contributed by atoms with Crippen LogP contribution in [0.1, 0.15) is 28.1 Å². The first-order valence-corrected chi connectivity index (χ1v) is 16.8. The number of nitrogens with zero attached hydrogens (tertiary/aromatic N) is 12. The van der Waals surface area contributed by atoms with Crippen molar-refractivity contribution in [2.75, 3.05) is 10.6 Å². The highest BCUT2D eigenvalue weighted by Crippen LogP contribution is 2.33. The maximum absolute atomic E-state index is 13.2. The van der Waals surface area contributed by atoms with Crippen LogP contribution in [0.3, 0.4) is 0 Å². The first-order chi connectivity index (χ1) is 27.1. The summed E-state index contributed by atoms with van der Waals surface area (Å²) in [6.07, 6.45) is 5.31. The number of anilines is 4. The fourth-order valence-corrected chi connectivity index (χ4v) is 5.60. The van der Waals surface area contributed by atoms with Crippen molar-refractivity contribution < 1.29 is 13.2 Å². The number of imidazole rings is 2. The maximum atomic E-state index is 13.2. The largest absolute Gasteiger partial charge is 0.418 e. The molecule has 0 amide bonds. The summed E-state index contributed by atoms with van der Waals surface area (Å²) in [6, 6.07) is 29.8. The highest BCUT2D eigenvalue weighted by molar-refractivity contribution is 5.63. The smallest absolute Gasteiger partial charge is 0.323 e. The van der Waals surface area contributed by atoms with E-state index in [-0.39, 0.29) is 11.6 Å². The van der Waals surface area contributed by atoms with Crippen LogP contribution in [0.5, 0.6) is 0 Å². The van der Waals surface area contributed by atoms with Crippen LogP contribution >= 0.6 is 0 Å². The van der Waals surface area contributed by atoms with Crippen LogP contribution < -0.4 is 10.6 Å². The number of aromatic nitrogens is 10. The molecule has 2 N–H and O–H groups in total. The number of para-hydroxylation sites is 2. The molecular weight excluding hydrogens is 722 g/mol. The van der Waals surface area contributed by atoms with Gasteiger partial charge in [-0.05, 0) is 74.5 Å². The lowest BCUT2D eigenvalue weighted by atomic mass is 10.1.